The molecule has 0 spiro atoms. The molecule has 2 unspecified atom stereocenters. The first-order valence-corrected chi connectivity index (χ1v) is 6.97. The molecule has 2 atom stereocenters. The molecule has 18 heavy (non-hydrogen) atoms. The van der Waals surface area contributed by atoms with Crippen molar-refractivity contribution >= 4 is 0 Å². The van der Waals surface area contributed by atoms with Gasteiger partial charge in [-0.1, -0.05) is 13.8 Å². The van der Waals surface area contributed by atoms with Gasteiger partial charge in [-0.3, -0.25) is 4.68 Å². The van der Waals surface area contributed by atoms with Crippen molar-refractivity contribution in [1.29, 1.82) is 0 Å². The standard InChI is InChI=1S/C14H26N2O2/c1-4-9-18-10-7-14(17)11-13-6-8-16(15-13)12(3)5-2/h6,8,12,14,17H,4-5,7,9-11H2,1-3H3. The highest BCUT2D eigenvalue weighted by Gasteiger charge is 2.09. The van der Waals surface area contributed by atoms with Crippen LogP contribution in [0.4, 0.5) is 0 Å². The quantitative estimate of drug-likeness (QED) is 0.689. The van der Waals surface area contributed by atoms with Crippen LogP contribution in [0.5, 0.6) is 0 Å². The van der Waals surface area contributed by atoms with Crippen molar-refractivity contribution < 1.29 is 9.84 Å². The minimum atomic E-state index is -0.359. The lowest BCUT2D eigenvalue weighted by Gasteiger charge is -2.10. The van der Waals surface area contributed by atoms with E-state index in [1.807, 2.05) is 16.9 Å². The van der Waals surface area contributed by atoms with Crippen LogP contribution in [0.25, 0.3) is 0 Å². The second kappa shape index (κ2) is 8.27. The number of nitrogens with zero attached hydrogens (tertiary/aromatic N) is 2. The van der Waals surface area contributed by atoms with Crippen LogP contribution in [0.1, 0.15) is 51.8 Å². The molecule has 0 aliphatic rings. The van der Waals surface area contributed by atoms with E-state index in [2.05, 4.69) is 25.9 Å². The van der Waals surface area contributed by atoms with E-state index < -0.39 is 0 Å². The first kappa shape index (κ1) is 15.2. The third-order valence-electron chi connectivity index (χ3n) is 3.09. The molecule has 0 radical (unpaired) electrons. The van der Waals surface area contributed by atoms with Crippen LogP contribution in [0.3, 0.4) is 0 Å². The van der Waals surface area contributed by atoms with Gasteiger partial charge in [0.1, 0.15) is 0 Å². The summed E-state index contributed by atoms with van der Waals surface area (Å²) in [6.45, 7) is 7.77. The highest BCUT2D eigenvalue weighted by molar-refractivity contribution is 5.01. The Morgan fingerprint density at radius 2 is 2.17 bits per heavy atom. The molecule has 0 saturated carbocycles. The largest absolute Gasteiger partial charge is 0.393 e. The third kappa shape index (κ3) is 5.19. The highest BCUT2D eigenvalue weighted by atomic mass is 16.5. The van der Waals surface area contributed by atoms with E-state index in [1.165, 1.54) is 0 Å². The topological polar surface area (TPSA) is 47.3 Å². The molecule has 104 valence electrons. The third-order valence-corrected chi connectivity index (χ3v) is 3.09. The molecule has 4 heteroatoms. The van der Waals surface area contributed by atoms with E-state index in [4.69, 9.17) is 4.74 Å². The van der Waals surface area contributed by atoms with Gasteiger partial charge in [0.25, 0.3) is 0 Å². The molecule has 4 nitrogen and oxygen atoms in total. The summed E-state index contributed by atoms with van der Waals surface area (Å²) in [5.41, 5.74) is 0.957. The lowest BCUT2D eigenvalue weighted by Crippen LogP contribution is -2.15. The summed E-state index contributed by atoms with van der Waals surface area (Å²) in [4.78, 5) is 0. The van der Waals surface area contributed by atoms with Crippen molar-refractivity contribution in [2.24, 2.45) is 0 Å². The molecule has 0 aliphatic heterocycles. The maximum atomic E-state index is 9.88. The Kier molecular flexibility index (Phi) is 6.98. The molecule has 0 aliphatic carbocycles. The van der Waals surface area contributed by atoms with Gasteiger partial charge in [-0.2, -0.15) is 5.10 Å². The fourth-order valence-corrected chi connectivity index (χ4v) is 1.73. The van der Waals surface area contributed by atoms with Crippen molar-refractivity contribution in [3.8, 4) is 0 Å². The van der Waals surface area contributed by atoms with Crippen LogP contribution >= 0.6 is 0 Å². The van der Waals surface area contributed by atoms with Crippen LogP contribution in [-0.2, 0) is 11.2 Å². The van der Waals surface area contributed by atoms with Crippen LogP contribution in [0.2, 0.25) is 0 Å². The van der Waals surface area contributed by atoms with Gasteiger partial charge in [0.2, 0.25) is 0 Å². The molecule has 0 aromatic carbocycles. The molecule has 0 fully saturated rings. The van der Waals surface area contributed by atoms with Gasteiger partial charge in [0.15, 0.2) is 0 Å². The summed E-state index contributed by atoms with van der Waals surface area (Å²) in [7, 11) is 0. The normalized spacial score (nSPS) is 14.7. The Morgan fingerprint density at radius 3 is 2.83 bits per heavy atom. The van der Waals surface area contributed by atoms with E-state index in [-0.39, 0.29) is 6.10 Å². The Balaban J connectivity index is 2.30. The Morgan fingerprint density at radius 1 is 1.39 bits per heavy atom. The van der Waals surface area contributed by atoms with Crippen LogP contribution in [0.15, 0.2) is 12.3 Å². The molecule has 1 aromatic heterocycles. The van der Waals surface area contributed by atoms with Gasteiger partial charge < -0.3 is 9.84 Å². The summed E-state index contributed by atoms with van der Waals surface area (Å²) in [6.07, 6.45) is 5.00. The van der Waals surface area contributed by atoms with E-state index in [0.717, 1.165) is 25.1 Å². The van der Waals surface area contributed by atoms with E-state index in [1.54, 1.807) is 0 Å². The number of aliphatic hydroxyl groups is 1. The van der Waals surface area contributed by atoms with Gasteiger partial charge >= 0.3 is 0 Å². The number of aliphatic hydroxyl groups excluding tert-OH is 1. The smallest absolute Gasteiger partial charge is 0.0650 e. The summed E-state index contributed by atoms with van der Waals surface area (Å²) in [5.74, 6) is 0. The van der Waals surface area contributed by atoms with Crippen molar-refractivity contribution in [3.05, 3.63) is 18.0 Å². The van der Waals surface area contributed by atoms with Crippen molar-refractivity contribution in [2.45, 2.75) is 58.6 Å². The molecule has 1 rings (SSSR count). The maximum absolute atomic E-state index is 9.88. The Labute approximate surface area is 110 Å². The predicted octanol–water partition coefficient (Wildman–Crippen LogP) is 2.57. The Hall–Kier alpha value is -0.870. The average molecular weight is 254 g/mol. The highest BCUT2D eigenvalue weighted by Crippen LogP contribution is 2.11. The van der Waals surface area contributed by atoms with Crippen molar-refractivity contribution in [1.82, 2.24) is 9.78 Å². The minimum Gasteiger partial charge on any atom is -0.393 e. The first-order valence-electron chi connectivity index (χ1n) is 6.97. The summed E-state index contributed by atoms with van der Waals surface area (Å²) < 4.78 is 7.33. The number of hydrogen-bond acceptors (Lipinski definition) is 3. The summed E-state index contributed by atoms with van der Waals surface area (Å²) >= 11 is 0. The first-order chi connectivity index (χ1) is 8.67. The molecule has 1 aromatic rings. The van der Waals surface area contributed by atoms with Crippen LogP contribution in [0, 0.1) is 0 Å². The van der Waals surface area contributed by atoms with Gasteiger partial charge in [0, 0.05) is 31.9 Å². The Bertz CT molecular complexity index is 325. The zero-order valence-electron chi connectivity index (χ0n) is 11.8. The number of aromatic nitrogens is 2. The fraction of sp³-hybridized carbons (Fsp3) is 0.786. The second-order valence-corrected chi connectivity index (χ2v) is 4.80. The molecule has 0 bridgehead atoms. The van der Waals surface area contributed by atoms with Gasteiger partial charge in [-0.05, 0) is 32.3 Å². The van der Waals surface area contributed by atoms with Crippen molar-refractivity contribution in [3.63, 3.8) is 0 Å². The zero-order valence-corrected chi connectivity index (χ0v) is 11.8. The predicted molar refractivity (Wildman–Crippen MR) is 72.7 cm³/mol. The molecular formula is C14H26N2O2. The fourth-order valence-electron chi connectivity index (χ4n) is 1.73. The average Bonchev–Trinajstić information content (AvgIpc) is 2.82. The molecule has 0 amide bonds. The van der Waals surface area contributed by atoms with Gasteiger partial charge in [0.05, 0.1) is 11.8 Å². The lowest BCUT2D eigenvalue weighted by atomic mass is 10.1. The van der Waals surface area contributed by atoms with Gasteiger partial charge in [-0.25, -0.2) is 0 Å². The molecular weight excluding hydrogens is 228 g/mol. The second-order valence-electron chi connectivity index (χ2n) is 4.80. The van der Waals surface area contributed by atoms with Crippen LogP contribution < -0.4 is 0 Å². The minimum absolute atomic E-state index is 0.359. The van der Waals surface area contributed by atoms with Crippen molar-refractivity contribution in [2.75, 3.05) is 13.2 Å². The SMILES string of the molecule is CCCOCCC(O)Cc1ccn(C(C)CC)n1. The number of hydrogen-bond donors (Lipinski definition) is 1. The maximum Gasteiger partial charge on any atom is 0.0650 e. The van der Waals surface area contributed by atoms with Crippen LogP contribution in [-0.4, -0.2) is 34.2 Å². The number of rotatable bonds is 9. The van der Waals surface area contributed by atoms with E-state index in [9.17, 15) is 5.11 Å². The summed E-state index contributed by atoms with van der Waals surface area (Å²) in [5, 5.41) is 14.4. The molecule has 1 heterocycles. The van der Waals surface area contributed by atoms with Gasteiger partial charge in [-0.15, -0.1) is 0 Å². The van der Waals surface area contributed by atoms with E-state index >= 15 is 0 Å². The van der Waals surface area contributed by atoms with E-state index in [0.29, 0.717) is 25.5 Å². The zero-order chi connectivity index (χ0) is 13.4. The lowest BCUT2D eigenvalue weighted by molar-refractivity contribution is 0.0819. The molecule has 1 N–H and O–H groups in total. The monoisotopic (exact) mass is 254 g/mol. The summed E-state index contributed by atoms with van der Waals surface area (Å²) in [6, 6.07) is 2.41. The molecule has 0 saturated heterocycles. The number of ether oxygens (including phenoxy) is 1.